The lowest BCUT2D eigenvalue weighted by Crippen LogP contribution is -2.52. The number of likely N-dealkylation sites (tertiary alicyclic amines) is 1. The van der Waals surface area contributed by atoms with Gasteiger partial charge in [0, 0.05) is 19.5 Å². The predicted octanol–water partition coefficient (Wildman–Crippen LogP) is 0.524. The maximum atomic E-state index is 11.6. The van der Waals surface area contributed by atoms with E-state index in [0.717, 1.165) is 0 Å². The first-order chi connectivity index (χ1) is 6.79. The van der Waals surface area contributed by atoms with Crippen LogP contribution in [-0.4, -0.2) is 41.5 Å². The Labute approximate surface area is 89.6 Å². The van der Waals surface area contributed by atoms with Crippen LogP contribution in [0.5, 0.6) is 0 Å². The summed E-state index contributed by atoms with van der Waals surface area (Å²) in [5, 5.41) is 0. The Balaban J connectivity index is 2.51. The highest BCUT2D eigenvalue weighted by molar-refractivity contribution is 5.86. The molecule has 0 bridgehead atoms. The fraction of sp³-hybridized carbons (Fsp3) is 0.800. The molecule has 0 aromatic rings. The molecular formula is C10H18N2O3. The Bertz CT molecular complexity index is 270. The van der Waals surface area contributed by atoms with E-state index in [1.807, 2.05) is 0 Å². The number of nitrogens with two attached hydrogens (primary N) is 1. The average molecular weight is 214 g/mol. The molecule has 5 heteroatoms. The van der Waals surface area contributed by atoms with Crippen LogP contribution in [0.1, 0.15) is 27.2 Å². The van der Waals surface area contributed by atoms with Crippen LogP contribution in [0.25, 0.3) is 0 Å². The van der Waals surface area contributed by atoms with E-state index in [1.54, 1.807) is 20.8 Å². The van der Waals surface area contributed by atoms with Crippen molar-refractivity contribution in [1.29, 1.82) is 0 Å². The Morgan fingerprint density at radius 1 is 1.53 bits per heavy atom. The van der Waals surface area contributed by atoms with Crippen LogP contribution in [0.2, 0.25) is 0 Å². The molecule has 0 aromatic carbocycles. The highest BCUT2D eigenvalue weighted by atomic mass is 16.6. The lowest BCUT2D eigenvalue weighted by molar-refractivity contribution is -0.122. The maximum absolute atomic E-state index is 11.6. The van der Waals surface area contributed by atoms with Crippen molar-refractivity contribution in [3.63, 3.8) is 0 Å². The quantitative estimate of drug-likeness (QED) is 0.638. The molecule has 0 saturated carbocycles. The van der Waals surface area contributed by atoms with Gasteiger partial charge >= 0.3 is 6.09 Å². The zero-order chi connectivity index (χ0) is 11.6. The summed E-state index contributed by atoms with van der Waals surface area (Å²) >= 11 is 0. The van der Waals surface area contributed by atoms with Crippen molar-refractivity contribution in [1.82, 2.24) is 4.90 Å². The molecule has 2 N–H and O–H groups in total. The van der Waals surface area contributed by atoms with E-state index < -0.39 is 17.7 Å². The zero-order valence-corrected chi connectivity index (χ0v) is 9.45. The van der Waals surface area contributed by atoms with Gasteiger partial charge in [0.1, 0.15) is 5.60 Å². The average Bonchev–Trinajstić information content (AvgIpc) is 2.06. The van der Waals surface area contributed by atoms with Gasteiger partial charge in [0.05, 0.1) is 6.04 Å². The summed E-state index contributed by atoms with van der Waals surface area (Å²) in [5.74, 6) is 0.00908. The first-order valence-corrected chi connectivity index (χ1v) is 5.06. The molecule has 1 fully saturated rings. The molecule has 0 aromatic heterocycles. The zero-order valence-electron chi connectivity index (χ0n) is 9.45. The van der Waals surface area contributed by atoms with E-state index in [0.29, 0.717) is 13.0 Å². The van der Waals surface area contributed by atoms with E-state index in [1.165, 1.54) is 4.90 Å². The molecule has 1 heterocycles. The predicted molar refractivity (Wildman–Crippen MR) is 55.4 cm³/mol. The molecule has 0 radical (unpaired) electrons. The Morgan fingerprint density at radius 3 is 2.60 bits per heavy atom. The summed E-state index contributed by atoms with van der Waals surface area (Å²) in [6.07, 6.45) is -0.0779. The van der Waals surface area contributed by atoms with Crippen LogP contribution in [0.3, 0.4) is 0 Å². The highest BCUT2D eigenvalue weighted by Gasteiger charge is 2.29. The summed E-state index contributed by atoms with van der Waals surface area (Å²) in [6, 6.07) is -0.564. The smallest absolute Gasteiger partial charge is 0.410 e. The van der Waals surface area contributed by atoms with E-state index in [4.69, 9.17) is 10.5 Å². The fourth-order valence-electron chi connectivity index (χ4n) is 1.35. The standard InChI is InChI=1S/C10H18N2O3/c1-10(2,3)15-9(14)12-5-4-8(13)7(11)6-12/h7H,4-6,11H2,1-3H3/t7-/m0/s1. The number of ketones is 1. The largest absolute Gasteiger partial charge is 0.444 e. The summed E-state index contributed by atoms with van der Waals surface area (Å²) in [5.41, 5.74) is 5.06. The Hall–Kier alpha value is -1.10. The number of rotatable bonds is 0. The van der Waals surface area contributed by atoms with Crippen LogP contribution < -0.4 is 5.73 Å². The van der Waals surface area contributed by atoms with Crippen molar-refractivity contribution < 1.29 is 14.3 Å². The van der Waals surface area contributed by atoms with Crippen molar-refractivity contribution in [3.8, 4) is 0 Å². The van der Waals surface area contributed by atoms with Gasteiger partial charge in [-0.15, -0.1) is 0 Å². The van der Waals surface area contributed by atoms with Crippen molar-refractivity contribution >= 4 is 11.9 Å². The SMILES string of the molecule is CC(C)(C)OC(=O)N1CCC(=O)[C@@H](N)C1. The van der Waals surface area contributed by atoms with Crippen molar-refractivity contribution in [2.45, 2.75) is 38.8 Å². The minimum atomic E-state index is -0.564. The number of hydrogen-bond donors (Lipinski definition) is 1. The minimum Gasteiger partial charge on any atom is -0.444 e. The number of nitrogens with zero attached hydrogens (tertiary/aromatic N) is 1. The number of carbonyl (C=O) groups is 2. The number of piperidine rings is 1. The molecule has 1 amide bonds. The van der Waals surface area contributed by atoms with Crippen molar-refractivity contribution in [2.75, 3.05) is 13.1 Å². The molecule has 0 unspecified atom stereocenters. The van der Waals surface area contributed by atoms with Crippen LogP contribution in [0.4, 0.5) is 4.79 Å². The molecule has 5 nitrogen and oxygen atoms in total. The fourth-order valence-corrected chi connectivity index (χ4v) is 1.35. The summed E-state index contributed by atoms with van der Waals surface area (Å²) in [4.78, 5) is 24.2. The van der Waals surface area contributed by atoms with E-state index in [2.05, 4.69) is 0 Å². The third-order valence-corrected chi connectivity index (χ3v) is 2.11. The van der Waals surface area contributed by atoms with Gasteiger partial charge in [0.2, 0.25) is 0 Å². The summed E-state index contributed by atoms with van der Waals surface area (Å²) < 4.78 is 5.18. The number of hydrogen-bond acceptors (Lipinski definition) is 4. The molecule has 0 aliphatic carbocycles. The number of Topliss-reactive ketones (excluding diaryl/α,β-unsaturated/α-hetero) is 1. The molecule has 1 rings (SSSR count). The van der Waals surface area contributed by atoms with Crippen molar-refractivity contribution in [2.24, 2.45) is 5.73 Å². The number of amides is 1. The van der Waals surface area contributed by atoms with Gasteiger partial charge in [-0.1, -0.05) is 0 Å². The first-order valence-electron chi connectivity index (χ1n) is 5.06. The lowest BCUT2D eigenvalue weighted by atomic mass is 10.1. The van der Waals surface area contributed by atoms with Gasteiger partial charge in [-0.3, -0.25) is 4.79 Å². The van der Waals surface area contributed by atoms with Crippen LogP contribution in [0.15, 0.2) is 0 Å². The molecule has 86 valence electrons. The summed E-state index contributed by atoms with van der Waals surface area (Å²) in [7, 11) is 0. The molecule has 1 aliphatic rings. The van der Waals surface area contributed by atoms with E-state index in [9.17, 15) is 9.59 Å². The number of carbonyl (C=O) groups excluding carboxylic acids is 2. The molecule has 0 spiro atoms. The Kier molecular flexibility index (Phi) is 3.34. The summed E-state index contributed by atoms with van der Waals surface area (Å²) in [6.45, 7) is 6.08. The Morgan fingerprint density at radius 2 is 2.13 bits per heavy atom. The van der Waals surface area contributed by atoms with Gasteiger partial charge in [-0.05, 0) is 20.8 Å². The highest BCUT2D eigenvalue weighted by Crippen LogP contribution is 2.13. The van der Waals surface area contributed by atoms with Gasteiger partial charge in [-0.2, -0.15) is 0 Å². The minimum absolute atomic E-state index is 0.00908. The van der Waals surface area contributed by atoms with Gasteiger partial charge < -0.3 is 15.4 Å². The first kappa shape index (κ1) is 12.0. The maximum Gasteiger partial charge on any atom is 0.410 e. The second kappa shape index (κ2) is 4.18. The van der Waals surface area contributed by atoms with E-state index >= 15 is 0 Å². The topological polar surface area (TPSA) is 72.6 Å². The van der Waals surface area contributed by atoms with Crippen LogP contribution in [0, 0.1) is 0 Å². The van der Waals surface area contributed by atoms with Crippen LogP contribution in [-0.2, 0) is 9.53 Å². The number of ether oxygens (including phenoxy) is 1. The van der Waals surface area contributed by atoms with Crippen molar-refractivity contribution in [3.05, 3.63) is 0 Å². The van der Waals surface area contributed by atoms with E-state index in [-0.39, 0.29) is 12.3 Å². The van der Waals surface area contributed by atoms with Gasteiger partial charge in [0.15, 0.2) is 5.78 Å². The lowest BCUT2D eigenvalue weighted by Gasteiger charge is -2.31. The second-order valence-electron chi connectivity index (χ2n) is 4.75. The van der Waals surface area contributed by atoms with Gasteiger partial charge in [0.25, 0.3) is 0 Å². The normalized spacial score (nSPS) is 22.8. The monoisotopic (exact) mass is 214 g/mol. The van der Waals surface area contributed by atoms with Gasteiger partial charge in [-0.25, -0.2) is 4.79 Å². The third kappa shape index (κ3) is 3.51. The molecule has 1 aliphatic heterocycles. The molecule has 1 atom stereocenters. The molecule has 1 saturated heterocycles. The molecular weight excluding hydrogens is 196 g/mol. The second-order valence-corrected chi connectivity index (χ2v) is 4.75. The van der Waals surface area contributed by atoms with Crippen LogP contribution >= 0.6 is 0 Å². The third-order valence-electron chi connectivity index (χ3n) is 2.11. The molecule has 15 heavy (non-hydrogen) atoms.